The van der Waals surface area contributed by atoms with E-state index < -0.39 is 0 Å². The van der Waals surface area contributed by atoms with E-state index in [1.54, 1.807) is 12.1 Å². The Morgan fingerprint density at radius 3 is 2.63 bits per heavy atom. The first-order valence-electron chi connectivity index (χ1n) is 6.78. The van der Waals surface area contributed by atoms with Crippen molar-refractivity contribution in [3.05, 3.63) is 23.8 Å². The summed E-state index contributed by atoms with van der Waals surface area (Å²) in [6, 6.07) is 7.51. The Morgan fingerprint density at radius 1 is 1.37 bits per heavy atom. The van der Waals surface area contributed by atoms with E-state index in [1.807, 2.05) is 6.07 Å². The topological polar surface area (TPSA) is 65.1 Å². The SMILES string of the molecule is CN(C)C1(CNc2cc(C#N)ccc2N)CCCC1. The number of anilines is 2. The zero-order valence-corrected chi connectivity index (χ0v) is 11.7. The molecule has 1 aliphatic rings. The van der Waals surface area contributed by atoms with E-state index in [9.17, 15) is 0 Å². The molecule has 19 heavy (non-hydrogen) atoms. The zero-order valence-electron chi connectivity index (χ0n) is 11.7. The van der Waals surface area contributed by atoms with Crippen LogP contribution in [0.1, 0.15) is 31.2 Å². The van der Waals surface area contributed by atoms with Crippen LogP contribution < -0.4 is 11.1 Å². The second kappa shape index (κ2) is 5.50. The number of nitriles is 1. The molecule has 3 N–H and O–H groups in total. The lowest BCUT2D eigenvalue weighted by Gasteiger charge is -2.37. The Labute approximate surface area is 115 Å². The van der Waals surface area contributed by atoms with Gasteiger partial charge in [-0.3, -0.25) is 0 Å². The average molecular weight is 258 g/mol. The molecule has 0 spiro atoms. The third-order valence-electron chi connectivity index (χ3n) is 4.27. The van der Waals surface area contributed by atoms with Gasteiger partial charge in [0.05, 0.1) is 23.0 Å². The average Bonchev–Trinajstić information content (AvgIpc) is 2.88. The lowest BCUT2D eigenvalue weighted by atomic mass is 9.96. The number of likely N-dealkylation sites (N-methyl/N-ethyl adjacent to an activating group) is 1. The molecule has 4 heteroatoms. The van der Waals surface area contributed by atoms with Crippen molar-refractivity contribution >= 4 is 11.4 Å². The van der Waals surface area contributed by atoms with Gasteiger partial charge < -0.3 is 16.0 Å². The lowest BCUT2D eigenvalue weighted by molar-refractivity contribution is 0.172. The fourth-order valence-corrected chi connectivity index (χ4v) is 2.85. The van der Waals surface area contributed by atoms with E-state index in [0.717, 1.165) is 12.2 Å². The van der Waals surface area contributed by atoms with E-state index in [4.69, 9.17) is 11.0 Å². The van der Waals surface area contributed by atoms with Gasteiger partial charge in [0.2, 0.25) is 0 Å². The summed E-state index contributed by atoms with van der Waals surface area (Å²) in [5.41, 5.74) is 8.39. The third-order valence-corrected chi connectivity index (χ3v) is 4.27. The maximum atomic E-state index is 8.94. The van der Waals surface area contributed by atoms with E-state index in [1.165, 1.54) is 25.7 Å². The second-order valence-corrected chi connectivity index (χ2v) is 5.59. The highest BCUT2D eigenvalue weighted by Crippen LogP contribution is 2.34. The van der Waals surface area contributed by atoms with Crippen LogP contribution in [-0.4, -0.2) is 31.1 Å². The Hall–Kier alpha value is -1.73. The highest BCUT2D eigenvalue weighted by Gasteiger charge is 2.35. The van der Waals surface area contributed by atoms with E-state index in [-0.39, 0.29) is 5.54 Å². The molecule has 102 valence electrons. The number of hydrogen-bond donors (Lipinski definition) is 2. The molecule has 1 saturated carbocycles. The molecule has 0 heterocycles. The summed E-state index contributed by atoms with van der Waals surface area (Å²) < 4.78 is 0. The van der Waals surface area contributed by atoms with Crippen LogP contribution in [0, 0.1) is 11.3 Å². The van der Waals surface area contributed by atoms with Crippen LogP contribution in [0.4, 0.5) is 11.4 Å². The van der Waals surface area contributed by atoms with Crippen LogP contribution in [0.15, 0.2) is 18.2 Å². The summed E-state index contributed by atoms with van der Waals surface area (Å²) in [5.74, 6) is 0. The first kappa shape index (κ1) is 13.7. The van der Waals surface area contributed by atoms with Crippen molar-refractivity contribution < 1.29 is 0 Å². The normalized spacial score (nSPS) is 17.4. The van der Waals surface area contributed by atoms with Crippen LogP contribution in [-0.2, 0) is 0 Å². The first-order valence-corrected chi connectivity index (χ1v) is 6.78. The van der Waals surface area contributed by atoms with Crippen molar-refractivity contribution in [3.63, 3.8) is 0 Å². The lowest BCUT2D eigenvalue weighted by Crippen LogP contribution is -2.47. The number of benzene rings is 1. The molecule has 0 bridgehead atoms. The minimum atomic E-state index is 0.217. The Morgan fingerprint density at radius 2 is 2.05 bits per heavy atom. The smallest absolute Gasteiger partial charge is 0.0992 e. The van der Waals surface area contributed by atoms with Crippen LogP contribution in [0.5, 0.6) is 0 Å². The fraction of sp³-hybridized carbons (Fsp3) is 0.533. The molecule has 0 atom stereocenters. The maximum absolute atomic E-state index is 8.94. The molecular formula is C15H22N4. The van der Waals surface area contributed by atoms with E-state index in [0.29, 0.717) is 11.3 Å². The highest BCUT2D eigenvalue weighted by molar-refractivity contribution is 5.68. The van der Waals surface area contributed by atoms with Crippen molar-refractivity contribution in [1.82, 2.24) is 4.90 Å². The zero-order chi connectivity index (χ0) is 13.9. The van der Waals surface area contributed by atoms with Gasteiger partial charge >= 0.3 is 0 Å². The van der Waals surface area contributed by atoms with Crippen molar-refractivity contribution in [2.75, 3.05) is 31.7 Å². The molecule has 1 aromatic carbocycles. The van der Waals surface area contributed by atoms with E-state index in [2.05, 4.69) is 30.4 Å². The summed E-state index contributed by atoms with van der Waals surface area (Å²) >= 11 is 0. The quantitative estimate of drug-likeness (QED) is 0.814. The number of nitrogens with one attached hydrogen (secondary N) is 1. The van der Waals surface area contributed by atoms with Crippen molar-refractivity contribution in [3.8, 4) is 6.07 Å². The summed E-state index contributed by atoms with van der Waals surface area (Å²) in [4.78, 5) is 2.32. The highest BCUT2D eigenvalue weighted by atomic mass is 15.2. The van der Waals surface area contributed by atoms with Gasteiger partial charge in [0.1, 0.15) is 0 Å². The molecule has 2 rings (SSSR count). The summed E-state index contributed by atoms with van der Waals surface area (Å²) in [6.45, 7) is 0.874. The van der Waals surface area contributed by atoms with Gasteiger partial charge in [0.25, 0.3) is 0 Å². The van der Waals surface area contributed by atoms with Crippen molar-refractivity contribution in [2.45, 2.75) is 31.2 Å². The fourth-order valence-electron chi connectivity index (χ4n) is 2.85. The number of nitrogens with two attached hydrogens (primary N) is 1. The van der Waals surface area contributed by atoms with Gasteiger partial charge in [-0.1, -0.05) is 12.8 Å². The summed E-state index contributed by atoms with van der Waals surface area (Å²) in [6.07, 6.45) is 5.00. The maximum Gasteiger partial charge on any atom is 0.0992 e. The van der Waals surface area contributed by atoms with Crippen LogP contribution >= 0.6 is 0 Å². The monoisotopic (exact) mass is 258 g/mol. The van der Waals surface area contributed by atoms with Gasteiger partial charge in [0.15, 0.2) is 0 Å². The molecule has 1 fully saturated rings. The number of rotatable bonds is 4. The molecule has 0 unspecified atom stereocenters. The minimum absolute atomic E-state index is 0.217. The second-order valence-electron chi connectivity index (χ2n) is 5.59. The van der Waals surface area contributed by atoms with Crippen LogP contribution in [0.2, 0.25) is 0 Å². The Balaban J connectivity index is 2.11. The number of nitrogen functional groups attached to an aromatic ring is 1. The van der Waals surface area contributed by atoms with Gasteiger partial charge in [-0.2, -0.15) is 5.26 Å². The molecule has 4 nitrogen and oxygen atoms in total. The van der Waals surface area contributed by atoms with Gasteiger partial charge in [-0.25, -0.2) is 0 Å². The number of hydrogen-bond acceptors (Lipinski definition) is 4. The Kier molecular flexibility index (Phi) is 3.96. The van der Waals surface area contributed by atoms with Crippen molar-refractivity contribution in [1.29, 1.82) is 5.26 Å². The standard InChI is InChI=1S/C15H22N4/c1-19(2)15(7-3-4-8-15)11-18-14-9-12(10-16)5-6-13(14)17/h5-6,9,18H,3-4,7-8,11,17H2,1-2H3. The Bertz CT molecular complexity index is 481. The molecule has 0 amide bonds. The van der Waals surface area contributed by atoms with Crippen LogP contribution in [0.25, 0.3) is 0 Å². The molecule has 0 aliphatic heterocycles. The number of nitrogens with zero attached hydrogens (tertiary/aromatic N) is 2. The predicted octanol–water partition coefficient (Wildman–Crippen LogP) is 2.43. The summed E-state index contributed by atoms with van der Waals surface area (Å²) in [5, 5.41) is 12.4. The molecule has 0 radical (unpaired) electrons. The van der Waals surface area contributed by atoms with Crippen molar-refractivity contribution in [2.24, 2.45) is 0 Å². The molecule has 0 aromatic heterocycles. The predicted molar refractivity (Wildman–Crippen MR) is 78.9 cm³/mol. The van der Waals surface area contributed by atoms with Crippen LogP contribution in [0.3, 0.4) is 0 Å². The molecular weight excluding hydrogens is 236 g/mol. The minimum Gasteiger partial charge on any atom is -0.397 e. The van der Waals surface area contributed by atoms with E-state index >= 15 is 0 Å². The first-order chi connectivity index (χ1) is 9.07. The largest absolute Gasteiger partial charge is 0.397 e. The molecule has 0 saturated heterocycles. The van der Waals surface area contributed by atoms with Gasteiger partial charge in [-0.05, 0) is 45.1 Å². The van der Waals surface area contributed by atoms with Gasteiger partial charge in [0, 0.05) is 12.1 Å². The molecule has 1 aliphatic carbocycles. The molecule has 1 aromatic rings. The van der Waals surface area contributed by atoms with Gasteiger partial charge in [-0.15, -0.1) is 0 Å². The summed E-state index contributed by atoms with van der Waals surface area (Å²) in [7, 11) is 4.28. The third kappa shape index (κ3) is 2.82.